The first-order chi connectivity index (χ1) is 8.83. The van der Waals surface area contributed by atoms with Gasteiger partial charge in [-0.1, -0.05) is 45.4 Å². The maximum atomic E-state index is 14.0. The van der Waals surface area contributed by atoms with E-state index in [-0.39, 0.29) is 16.6 Å². The summed E-state index contributed by atoms with van der Waals surface area (Å²) in [6.07, 6.45) is 1.06. The molecular formula is C16H26FNS. The van der Waals surface area contributed by atoms with E-state index in [1.165, 1.54) is 0 Å². The summed E-state index contributed by atoms with van der Waals surface area (Å²) >= 11 is 1.87. The fourth-order valence-corrected chi connectivity index (χ4v) is 2.80. The second kappa shape index (κ2) is 7.30. The van der Waals surface area contributed by atoms with E-state index in [0.29, 0.717) is 0 Å². The van der Waals surface area contributed by atoms with Gasteiger partial charge in [-0.25, -0.2) is 4.39 Å². The number of aryl methyl sites for hydroxylation is 1. The van der Waals surface area contributed by atoms with Crippen LogP contribution in [0.25, 0.3) is 0 Å². The number of hydrogen-bond donors (Lipinski definition) is 1. The molecule has 0 bridgehead atoms. The summed E-state index contributed by atoms with van der Waals surface area (Å²) in [7, 11) is 0. The van der Waals surface area contributed by atoms with Gasteiger partial charge in [-0.2, -0.15) is 11.8 Å². The highest BCUT2D eigenvalue weighted by atomic mass is 32.2. The lowest BCUT2D eigenvalue weighted by molar-refractivity contribution is 0.531. The van der Waals surface area contributed by atoms with E-state index in [0.717, 1.165) is 29.8 Å². The van der Waals surface area contributed by atoms with Crippen LogP contribution < -0.4 is 5.32 Å². The van der Waals surface area contributed by atoms with Gasteiger partial charge in [0, 0.05) is 22.1 Å². The summed E-state index contributed by atoms with van der Waals surface area (Å²) in [5, 5.41) is 3.47. The van der Waals surface area contributed by atoms with Gasteiger partial charge in [-0.3, -0.25) is 0 Å². The van der Waals surface area contributed by atoms with Gasteiger partial charge in [-0.05, 0) is 26.0 Å². The van der Waals surface area contributed by atoms with Gasteiger partial charge < -0.3 is 5.32 Å². The zero-order valence-electron chi connectivity index (χ0n) is 12.7. The number of benzene rings is 1. The molecule has 1 atom stereocenters. The first kappa shape index (κ1) is 16.5. The maximum Gasteiger partial charge on any atom is 0.128 e. The van der Waals surface area contributed by atoms with Crippen molar-refractivity contribution >= 4 is 11.8 Å². The fourth-order valence-electron chi connectivity index (χ4n) is 1.84. The summed E-state index contributed by atoms with van der Waals surface area (Å²) in [6, 6.07) is 5.45. The molecule has 108 valence electrons. The Bertz CT molecular complexity index is 398. The minimum atomic E-state index is -0.103. The topological polar surface area (TPSA) is 12.0 Å². The Kier molecular flexibility index (Phi) is 6.34. The number of rotatable bonds is 6. The van der Waals surface area contributed by atoms with E-state index < -0.39 is 0 Å². The first-order valence-electron chi connectivity index (χ1n) is 6.97. The summed E-state index contributed by atoms with van der Waals surface area (Å²) in [5.41, 5.74) is 1.91. The number of hydrogen-bond acceptors (Lipinski definition) is 2. The molecule has 0 heterocycles. The normalized spacial score (nSPS) is 13.6. The van der Waals surface area contributed by atoms with Crippen LogP contribution in [-0.4, -0.2) is 17.0 Å². The molecule has 3 heteroatoms. The van der Waals surface area contributed by atoms with Gasteiger partial charge in [0.05, 0.1) is 0 Å². The van der Waals surface area contributed by atoms with E-state index in [9.17, 15) is 4.39 Å². The Labute approximate surface area is 121 Å². The molecule has 19 heavy (non-hydrogen) atoms. The van der Waals surface area contributed by atoms with Gasteiger partial charge in [0.1, 0.15) is 5.82 Å². The molecule has 0 saturated carbocycles. The predicted molar refractivity (Wildman–Crippen MR) is 84.4 cm³/mol. The van der Waals surface area contributed by atoms with Crippen LogP contribution in [0.2, 0.25) is 0 Å². The summed E-state index contributed by atoms with van der Waals surface area (Å²) in [6.45, 7) is 11.6. The largest absolute Gasteiger partial charge is 0.309 e. The van der Waals surface area contributed by atoms with E-state index in [4.69, 9.17) is 0 Å². The molecule has 0 aliphatic heterocycles. The second-order valence-corrected chi connectivity index (χ2v) is 7.80. The smallest absolute Gasteiger partial charge is 0.128 e. The van der Waals surface area contributed by atoms with Crippen LogP contribution in [0, 0.1) is 12.7 Å². The highest BCUT2D eigenvalue weighted by molar-refractivity contribution is 8.00. The molecule has 1 unspecified atom stereocenters. The number of thioether (sulfide) groups is 1. The van der Waals surface area contributed by atoms with Crippen molar-refractivity contribution in [3.05, 3.63) is 35.1 Å². The molecule has 0 saturated heterocycles. The highest BCUT2D eigenvalue weighted by Gasteiger charge is 2.19. The van der Waals surface area contributed by atoms with Crippen molar-refractivity contribution in [3.63, 3.8) is 0 Å². The van der Waals surface area contributed by atoms with E-state index in [1.807, 2.05) is 30.8 Å². The first-order valence-corrected chi connectivity index (χ1v) is 7.95. The predicted octanol–water partition coefficient (Wildman–Crippen LogP) is 4.71. The summed E-state index contributed by atoms with van der Waals surface area (Å²) < 4.78 is 14.2. The lowest BCUT2D eigenvalue weighted by Gasteiger charge is -2.24. The Morgan fingerprint density at radius 1 is 1.32 bits per heavy atom. The molecule has 0 amide bonds. The van der Waals surface area contributed by atoms with Crippen LogP contribution in [0.1, 0.15) is 51.3 Å². The minimum absolute atomic E-state index is 0.0871. The maximum absolute atomic E-state index is 14.0. The number of halogens is 1. The molecular weight excluding hydrogens is 257 g/mol. The van der Waals surface area contributed by atoms with Crippen molar-refractivity contribution in [2.45, 2.75) is 51.8 Å². The van der Waals surface area contributed by atoms with E-state index in [2.05, 4.69) is 33.0 Å². The zero-order valence-corrected chi connectivity index (χ0v) is 13.5. The van der Waals surface area contributed by atoms with Crippen LogP contribution in [0.15, 0.2) is 18.2 Å². The molecule has 1 aromatic rings. The van der Waals surface area contributed by atoms with Gasteiger partial charge in [0.15, 0.2) is 0 Å². The highest BCUT2D eigenvalue weighted by Crippen LogP contribution is 2.29. The van der Waals surface area contributed by atoms with Crippen LogP contribution in [0.3, 0.4) is 0 Å². The third-order valence-corrected chi connectivity index (χ3v) is 4.22. The minimum Gasteiger partial charge on any atom is -0.309 e. The van der Waals surface area contributed by atoms with E-state index >= 15 is 0 Å². The second-order valence-electron chi connectivity index (χ2n) is 5.96. The lowest BCUT2D eigenvalue weighted by atomic mass is 10.0. The summed E-state index contributed by atoms with van der Waals surface area (Å²) in [4.78, 5) is 0. The standard InChI is InChI=1S/C16H26FNS/c1-6-9-18-15(11-19-16(3,4)5)13-10-12(2)7-8-14(13)17/h7-8,10,15,18H,6,9,11H2,1-5H3. The van der Waals surface area contributed by atoms with Gasteiger partial charge in [0.25, 0.3) is 0 Å². The summed E-state index contributed by atoms with van der Waals surface area (Å²) in [5.74, 6) is 0.790. The molecule has 1 N–H and O–H groups in total. The van der Waals surface area contributed by atoms with Crippen LogP contribution in [0.4, 0.5) is 4.39 Å². The third kappa shape index (κ3) is 5.96. The van der Waals surface area contributed by atoms with Crippen molar-refractivity contribution in [2.75, 3.05) is 12.3 Å². The molecule has 1 rings (SSSR count). The molecule has 0 fully saturated rings. The third-order valence-electron chi connectivity index (χ3n) is 2.85. The van der Waals surface area contributed by atoms with Crippen LogP contribution in [0.5, 0.6) is 0 Å². The Morgan fingerprint density at radius 3 is 2.58 bits per heavy atom. The molecule has 0 aliphatic rings. The van der Waals surface area contributed by atoms with Crippen LogP contribution in [-0.2, 0) is 0 Å². The molecule has 1 nitrogen and oxygen atoms in total. The van der Waals surface area contributed by atoms with Gasteiger partial charge in [0.2, 0.25) is 0 Å². The fraction of sp³-hybridized carbons (Fsp3) is 0.625. The molecule has 0 radical (unpaired) electrons. The number of nitrogens with one attached hydrogen (secondary N) is 1. The SMILES string of the molecule is CCCNC(CSC(C)(C)C)c1cc(C)ccc1F. The van der Waals surface area contributed by atoms with Crippen molar-refractivity contribution in [1.29, 1.82) is 0 Å². The van der Waals surface area contributed by atoms with Gasteiger partial charge >= 0.3 is 0 Å². The average Bonchev–Trinajstić information content (AvgIpc) is 2.32. The lowest BCUT2D eigenvalue weighted by Crippen LogP contribution is -2.27. The molecule has 1 aromatic carbocycles. The molecule has 0 spiro atoms. The Hall–Kier alpha value is -0.540. The molecule has 0 aliphatic carbocycles. The van der Waals surface area contributed by atoms with Crippen molar-refractivity contribution in [1.82, 2.24) is 5.32 Å². The monoisotopic (exact) mass is 283 g/mol. The van der Waals surface area contributed by atoms with Crippen molar-refractivity contribution in [3.8, 4) is 0 Å². The average molecular weight is 283 g/mol. The molecule has 0 aromatic heterocycles. The van der Waals surface area contributed by atoms with Crippen molar-refractivity contribution < 1.29 is 4.39 Å². The Morgan fingerprint density at radius 2 is 2.00 bits per heavy atom. The quantitative estimate of drug-likeness (QED) is 0.811. The van der Waals surface area contributed by atoms with Gasteiger partial charge in [-0.15, -0.1) is 0 Å². The van der Waals surface area contributed by atoms with Crippen molar-refractivity contribution in [2.24, 2.45) is 0 Å². The van der Waals surface area contributed by atoms with E-state index in [1.54, 1.807) is 6.07 Å². The van der Waals surface area contributed by atoms with Crippen LogP contribution >= 0.6 is 11.8 Å². The Balaban J connectivity index is 2.85. The zero-order chi connectivity index (χ0) is 14.5.